The van der Waals surface area contributed by atoms with E-state index in [2.05, 4.69) is 4.98 Å². The van der Waals surface area contributed by atoms with E-state index in [9.17, 15) is 9.50 Å². The second-order valence-corrected chi connectivity index (χ2v) is 5.18. The predicted molar refractivity (Wildman–Crippen MR) is 72.9 cm³/mol. The number of aliphatic hydroxyl groups is 1. The van der Waals surface area contributed by atoms with Gasteiger partial charge in [0, 0.05) is 17.0 Å². The van der Waals surface area contributed by atoms with Crippen molar-refractivity contribution in [1.29, 1.82) is 0 Å². The molecule has 0 spiro atoms. The van der Waals surface area contributed by atoms with Gasteiger partial charge in [-0.05, 0) is 25.5 Å². The molecule has 102 valence electrons. The van der Waals surface area contributed by atoms with E-state index >= 15 is 0 Å². The van der Waals surface area contributed by atoms with Crippen molar-refractivity contribution in [3.8, 4) is 5.75 Å². The molecular weight excluding hydrogens is 265 g/mol. The van der Waals surface area contributed by atoms with Gasteiger partial charge in [-0.3, -0.25) is 0 Å². The van der Waals surface area contributed by atoms with Crippen molar-refractivity contribution in [2.24, 2.45) is 0 Å². The smallest absolute Gasteiger partial charge is 0.132 e. The topological polar surface area (TPSA) is 42.4 Å². The Morgan fingerprint density at radius 1 is 1.47 bits per heavy atom. The number of halogens is 1. The maximum Gasteiger partial charge on any atom is 0.132 e. The van der Waals surface area contributed by atoms with Gasteiger partial charge in [-0.1, -0.05) is 6.92 Å². The largest absolute Gasteiger partial charge is 0.487 e. The third-order valence-corrected chi connectivity index (χ3v) is 3.75. The molecule has 19 heavy (non-hydrogen) atoms. The van der Waals surface area contributed by atoms with Gasteiger partial charge in [-0.15, -0.1) is 11.3 Å². The van der Waals surface area contributed by atoms with Crippen molar-refractivity contribution in [2.45, 2.75) is 33.0 Å². The molecule has 1 heterocycles. The first kappa shape index (κ1) is 14.0. The van der Waals surface area contributed by atoms with E-state index in [0.29, 0.717) is 12.4 Å². The molecule has 0 saturated carbocycles. The van der Waals surface area contributed by atoms with Crippen LogP contribution in [0.2, 0.25) is 0 Å². The van der Waals surface area contributed by atoms with Gasteiger partial charge in [-0.25, -0.2) is 9.37 Å². The molecule has 0 amide bonds. The molecule has 2 rings (SSSR count). The second-order valence-electron chi connectivity index (χ2n) is 4.23. The molecule has 2 aromatic rings. The minimum absolute atomic E-state index is 0.272. The van der Waals surface area contributed by atoms with Crippen molar-refractivity contribution < 1.29 is 14.2 Å². The van der Waals surface area contributed by atoms with Crippen molar-refractivity contribution in [3.63, 3.8) is 0 Å². The molecule has 1 aromatic heterocycles. The Hall–Kier alpha value is -1.46. The van der Waals surface area contributed by atoms with Crippen LogP contribution < -0.4 is 4.74 Å². The zero-order valence-electron chi connectivity index (χ0n) is 10.9. The zero-order valence-corrected chi connectivity index (χ0v) is 11.7. The third-order valence-electron chi connectivity index (χ3n) is 2.71. The summed E-state index contributed by atoms with van der Waals surface area (Å²) in [5.74, 6) is -0.0204. The quantitative estimate of drug-likeness (QED) is 0.912. The van der Waals surface area contributed by atoms with Gasteiger partial charge >= 0.3 is 0 Å². The van der Waals surface area contributed by atoms with Gasteiger partial charge in [0.25, 0.3) is 0 Å². The number of thiazole rings is 1. The fourth-order valence-electron chi connectivity index (χ4n) is 1.67. The molecule has 0 aliphatic carbocycles. The van der Waals surface area contributed by atoms with Crippen molar-refractivity contribution in [2.75, 3.05) is 0 Å². The van der Waals surface area contributed by atoms with Gasteiger partial charge < -0.3 is 9.84 Å². The lowest BCUT2D eigenvalue weighted by Gasteiger charge is -2.09. The average Bonchev–Trinajstić information content (AvgIpc) is 2.84. The number of rotatable bonds is 5. The molecule has 1 N–H and O–H groups in total. The van der Waals surface area contributed by atoms with E-state index < -0.39 is 11.9 Å². The SMILES string of the molecule is CCc1nc(COc2ccc([C@H](C)O)c(F)c2)cs1. The number of aryl methyl sites for hydroxylation is 1. The maximum absolute atomic E-state index is 13.6. The lowest BCUT2D eigenvalue weighted by atomic mass is 10.1. The first-order valence-corrected chi connectivity index (χ1v) is 7.01. The average molecular weight is 281 g/mol. The van der Waals surface area contributed by atoms with Gasteiger partial charge in [0.1, 0.15) is 18.2 Å². The fourth-order valence-corrected chi connectivity index (χ4v) is 2.40. The Bertz CT molecular complexity index is 554. The minimum atomic E-state index is -0.820. The van der Waals surface area contributed by atoms with Gasteiger partial charge in [0.15, 0.2) is 0 Å². The molecule has 1 atom stereocenters. The number of aliphatic hydroxyl groups excluding tert-OH is 1. The summed E-state index contributed by atoms with van der Waals surface area (Å²) in [6.45, 7) is 3.90. The highest BCUT2D eigenvalue weighted by atomic mass is 32.1. The summed E-state index contributed by atoms with van der Waals surface area (Å²) < 4.78 is 19.1. The highest BCUT2D eigenvalue weighted by Crippen LogP contribution is 2.22. The Morgan fingerprint density at radius 3 is 2.84 bits per heavy atom. The van der Waals surface area contributed by atoms with Crippen LogP contribution in [0.15, 0.2) is 23.6 Å². The van der Waals surface area contributed by atoms with Crippen LogP contribution in [0.3, 0.4) is 0 Å². The van der Waals surface area contributed by atoms with Gasteiger partial charge in [0.05, 0.1) is 16.8 Å². The lowest BCUT2D eigenvalue weighted by Crippen LogP contribution is -1.99. The van der Waals surface area contributed by atoms with Crippen LogP contribution in [0.4, 0.5) is 4.39 Å². The zero-order chi connectivity index (χ0) is 13.8. The molecule has 0 radical (unpaired) electrons. The van der Waals surface area contributed by atoms with Crippen LogP contribution in [0.1, 0.15) is 36.2 Å². The summed E-state index contributed by atoms with van der Waals surface area (Å²) >= 11 is 1.60. The van der Waals surface area contributed by atoms with Crippen molar-refractivity contribution >= 4 is 11.3 Å². The number of hydrogen-bond donors (Lipinski definition) is 1. The molecular formula is C14H16FNO2S. The number of benzene rings is 1. The van der Waals surface area contributed by atoms with E-state index in [1.165, 1.54) is 19.1 Å². The van der Waals surface area contributed by atoms with Crippen molar-refractivity contribution in [1.82, 2.24) is 4.98 Å². The lowest BCUT2D eigenvalue weighted by molar-refractivity contribution is 0.193. The molecule has 0 saturated heterocycles. The maximum atomic E-state index is 13.6. The van der Waals surface area contributed by atoms with E-state index in [-0.39, 0.29) is 5.56 Å². The molecule has 0 aliphatic heterocycles. The first-order chi connectivity index (χ1) is 9.10. The Morgan fingerprint density at radius 2 is 2.26 bits per heavy atom. The van der Waals surface area contributed by atoms with Crippen LogP contribution >= 0.6 is 11.3 Å². The second kappa shape index (κ2) is 6.12. The Balaban J connectivity index is 2.01. The van der Waals surface area contributed by atoms with Crippen LogP contribution in [0.25, 0.3) is 0 Å². The van der Waals surface area contributed by atoms with Gasteiger partial charge in [0.2, 0.25) is 0 Å². The van der Waals surface area contributed by atoms with Crippen LogP contribution in [-0.4, -0.2) is 10.1 Å². The van der Waals surface area contributed by atoms with E-state index in [1.807, 2.05) is 12.3 Å². The summed E-state index contributed by atoms with van der Waals surface area (Å²) in [4.78, 5) is 4.37. The molecule has 5 heteroatoms. The van der Waals surface area contributed by atoms with Crippen LogP contribution in [0, 0.1) is 5.82 Å². The fraction of sp³-hybridized carbons (Fsp3) is 0.357. The van der Waals surface area contributed by atoms with E-state index in [4.69, 9.17) is 4.74 Å². The highest BCUT2D eigenvalue weighted by molar-refractivity contribution is 7.09. The predicted octanol–water partition coefficient (Wildman–Crippen LogP) is 3.48. The summed E-state index contributed by atoms with van der Waals surface area (Å²) in [7, 11) is 0. The number of ether oxygens (including phenoxy) is 1. The normalized spacial score (nSPS) is 12.4. The highest BCUT2D eigenvalue weighted by Gasteiger charge is 2.09. The summed E-state index contributed by atoms with van der Waals surface area (Å²) in [6.07, 6.45) is 0.0854. The summed E-state index contributed by atoms with van der Waals surface area (Å²) in [5, 5.41) is 12.4. The van der Waals surface area contributed by atoms with E-state index in [1.54, 1.807) is 17.4 Å². The molecule has 0 unspecified atom stereocenters. The van der Waals surface area contributed by atoms with Crippen LogP contribution in [-0.2, 0) is 13.0 Å². The number of nitrogens with zero attached hydrogens (tertiary/aromatic N) is 1. The van der Waals surface area contributed by atoms with Crippen LogP contribution in [0.5, 0.6) is 5.75 Å². The first-order valence-electron chi connectivity index (χ1n) is 6.13. The summed E-state index contributed by atoms with van der Waals surface area (Å²) in [6, 6.07) is 4.47. The minimum Gasteiger partial charge on any atom is -0.487 e. The Labute approximate surface area is 115 Å². The van der Waals surface area contributed by atoms with Crippen molar-refractivity contribution in [3.05, 3.63) is 45.7 Å². The molecule has 0 fully saturated rings. The molecule has 0 aliphatic rings. The number of hydrogen-bond acceptors (Lipinski definition) is 4. The van der Waals surface area contributed by atoms with Gasteiger partial charge in [-0.2, -0.15) is 0 Å². The Kier molecular flexibility index (Phi) is 4.50. The molecule has 1 aromatic carbocycles. The molecule has 0 bridgehead atoms. The monoisotopic (exact) mass is 281 g/mol. The third kappa shape index (κ3) is 3.52. The standard InChI is InChI=1S/C14H16FNO2S/c1-3-14-16-10(8-19-14)7-18-11-4-5-12(9(2)17)13(15)6-11/h4-6,8-9,17H,3,7H2,1-2H3/t9-/m0/s1. The summed E-state index contributed by atoms with van der Waals surface area (Å²) in [5.41, 5.74) is 1.12. The molecule has 3 nitrogen and oxygen atoms in total. The van der Waals surface area contributed by atoms with E-state index in [0.717, 1.165) is 17.1 Å². The number of aromatic nitrogens is 1.